The fourth-order valence-electron chi connectivity index (χ4n) is 1.32. The topological polar surface area (TPSA) is 72.2 Å². The summed E-state index contributed by atoms with van der Waals surface area (Å²) in [6.45, 7) is 1.66. The minimum absolute atomic E-state index is 0.0937. The molecule has 0 aliphatic rings. The summed E-state index contributed by atoms with van der Waals surface area (Å²) in [7, 11) is -3.55. The summed E-state index contributed by atoms with van der Waals surface area (Å²) < 4.78 is 38.2. The van der Waals surface area contributed by atoms with Crippen LogP contribution in [0, 0.1) is 5.82 Å². The molecule has 1 atom stereocenters. The Morgan fingerprint density at radius 3 is 2.47 bits per heavy atom. The lowest BCUT2D eigenvalue weighted by Gasteiger charge is -2.14. The van der Waals surface area contributed by atoms with Gasteiger partial charge in [-0.15, -0.1) is 0 Å². The molecule has 0 aliphatic carbocycles. The molecule has 1 rings (SSSR count). The number of hydrogen-bond donors (Lipinski definition) is 2. The van der Waals surface area contributed by atoms with Crippen molar-refractivity contribution < 1.29 is 12.8 Å². The molecule has 1 unspecified atom stereocenters. The third kappa shape index (κ3) is 4.76. The molecular weight excluding hydrogens is 263 g/mol. The fraction of sp³-hybridized carbons (Fsp3) is 0.300. The molecule has 3 N–H and O–H groups in total. The smallest absolute Gasteiger partial charge is 0.218 e. The number of rotatable bonds is 5. The van der Waals surface area contributed by atoms with Crippen LogP contribution in [-0.4, -0.2) is 19.2 Å². The first-order valence-electron chi connectivity index (χ1n) is 4.84. The fourth-order valence-corrected chi connectivity index (χ4v) is 2.92. The number of halogens is 1. The zero-order valence-corrected chi connectivity index (χ0v) is 10.8. The van der Waals surface area contributed by atoms with Gasteiger partial charge < -0.3 is 5.73 Å². The first kappa shape index (κ1) is 14.0. The van der Waals surface area contributed by atoms with Gasteiger partial charge in [-0.05, 0) is 24.6 Å². The summed E-state index contributed by atoms with van der Waals surface area (Å²) in [5.74, 6) is -0.764. The van der Waals surface area contributed by atoms with Crippen LogP contribution >= 0.6 is 12.2 Å². The Hall–Kier alpha value is -1.05. The van der Waals surface area contributed by atoms with Gasteiger partial charge in [-0.1, -0.05) is 24.4 Å². The van der Waals surface area contributed by atoms with Gasteiger partial charge >= 0.3 is 0 Å². The Balaban J connectivity index is 2.75. The number of hydrogen-bond acceptors (Lipinski definition) is 3. The molecule has 7 heteroatoms. The average molecular weight is 276 g/mol. The van der Waals surface area contributed by atoms with Gasteiger partial charge in [-0.3, -0.25) is 0 Å². The van der Waals surface area contributed by atoms with Crippen molar-refractivity contribution in [3.05, 3.63) is 35.6 Å². The third-order valence-corrected chi connectivity index (χ3v) is 3.79. The van der Waals surface area contributed by atoms with Crippen LogP contribution in [0.25, 0.3) is 0 Å². The lowest BCUT2D eigenvalue weighted by Crippen LogP contribution is -2.34. The van der Waals surface area contributed by atoms with E-state index in [1.165, 1.54) is 24.3 Å². The second kappa shape index (κ2) is 5.52. The molecule has 0 bridgehead atoms. The maximum Gasteiger partial charge on any atom is 0.218 e. The highest BCUT2D eigenvalue weighted by Gasteiger charge is 2.16. The molecule has 0 fully saturated rings. The zero-order chi connectivity index (χ0) is 13.1. The van der Waals surface area contributed by atoms with E-state index >= 15 is 0 Å². The highest BCUT2D eigenvalue weighted by Crippen LogP contribution is 2.13. The van der Waals surface area contributed by atoms with E-state index in [1.54, 1.807) is 6.92 Å². The minimum Gasteiger partial charge on any atom is -0.392 e. The van der Waals surface area contributed by atoms with Crippen molar-refractivity contribution in [2.24, 2.45) is 5.73 Å². The van der Waals surface area contributed by atoms with Gasteiger partial charge in [0.25, 0.3) is 0 Å². The van der Waals surface area contributed by atoms with Gasteiger partial charge in [0.15, 0.2) is 0 Å². The summed E-state index contributed by atoms with van der Waals surface area (Å²) in [4.78, 5) is -0.0937. The summed E-state index contributed by atoms with van der Waals surface area (Å²) in [6, 6.07) is 5.11. The molecule has 0 saturated carbocycles. The molecule has 0 saturated heterocycles. The van der Waals surface area contributed by atoms with Crippen LogP contribution in [0.5, 0.6) is 0 Å². The average Bonchev–Trinajstić information content (AvgIpc) is 2.15. The number of nitrogens with two attached hydrogens (primary N) is 1. The van der Waals surface area contributed by atoms with Crippen molar-refractivity contribution in [2.45, 2.75) is 13.0 Å². The number of thiocarbonyl (C=S) groups is 1. The standard InChI is InChI=1S/C10H13FN2O2S2/c1-7(8-2-4-9(11)5-3-8)13-17(14,15)6-10(12)16/h2-5,7,13H,6H2,1H3,(H2,12,16). The Morgan fingerprint density at radius 1 is 1.47 bits per heavy atom. The molecule has 1 aromatic rings. The second-order valence-corrected chi connectivity index (χ2v) is 5.89. The van der Waals surface area contributed by atoms with Gasteiger partial charge in [0.05, 0.1) is 4.99 Å². The van der Waals surface area contributed by atoms with Crippen LogP contribution in [-0.2, 0) is 10.0 Å². The molecule has 4 nitrogen and oxygen atoms in total. The molecule has 0 aromatic heterocycles. The number of benzene rings is 1. The number of sulfonamides is 1. The van der Waals surface area contributed by atoms with E-state index in [-0.39, 0.29) is 10.8 Å². The van der Waals surface area contributed by atoms with Crippen molar-refractivity contribution in [1.82, 2.24) is 4.72 Å². The third-order valence-electron chi connectivity index (χ3n) is 2.06. The van der Waals surface area contributed by atoms with E-state index in [2.05, 4.69) is 16.9 Å². The Kier molecular flexibility index (Phi) is 4.55. The monoisotopic (exact) mass is 276 g/mol. The normalized spacial score (nSPS) is 13.3. The van der Waals surface area contributed by atoms with Crippen LogP contribution in [0.1, 0.15) is 18.5 Å². The van der Waals surface area contributed by atoms with Crippen molar-refractivity contribution in [3.63, 3.8) is 0 Å². The van der Waals surface area contributed by atoms with E-state index in [1.807, 2.05) is 0 Å². The van der Waals surface area contributed by atoms with Crippen LogP contribution in [0.2, 0.25) is 0 Å². The van der Waals surface area contributed by atoms with E-state index in [4.69, 9.17) is 5.73 Å². The van der Waals surface area contributed by atoms with Crippen molar-refractivity contribution in [2.75, 3.05) is 5.75 Å². The Bertz CT molecular complexity index is 500. The maximum atomic E-state index is 12.7. The molecule has 0 amide bonds. The Morgan fingerprint density at radius 2 is 2.00 bits per heavy atom. The first-order valence-corrected chi connectivity index (χ1v) is 6.90. The SMILES string of the molecule is CC(NS(=O)(=O)CC(N)=S)c1ccc(F)cc1. The zero-order valence-electron chi connectivity index (χ0n) is 9.18. The molecule has 0 heterocycles. The maximum absolute atomic E-state index is 12.7. The Labute approximate surface area is 105 Å². The molecule has 94 valence electrons. The molecular formula is C10H13FN2O2S2. The largest absolute Gasteiger partial charge is 0.392 e. The first-order chi connectivity index (χ1) is 7.80. The predicted molar refractivity (Wildman–Crippen MR) is 68.5 cm³/mol. The van der Waals surface area contributed by atoms with Gasteiger partial charge in [0.1, 0.15) is 11.6 Å². The molecule has 0 radical (unpaired) electrons. The second-order valence-electron chi connectivity index (χ2n) is 3.62. The molecule has 1 aromatic carbocycles. The summed E-state index contributed by atoms with van der Waals surface area (Å²) >= 11 is 4.54. The van der Waals surface area contributed by atoms with E-state index in [0.717, 1.165) is 0 Å². The van der Waals surface area contributed by atoms with Crippen LogP contribution < -0.4 is 10.5 Å². The van der Waals surface area contributed by atoms with Gasteiger partial charge in [-0.2, -0.15) is 0 Å². The molecule has 0 aliphatic heterocycles. The lowest BCUT2D eigenvalue weighted by molar-refractivity contribution is 0.570. The van der Waals surface area contributed by atoms with Gasteiger partial charge in [0, 0.05) is 6.04 Å². The van der Waals surface area contributed by atoms with Crippen molar-refractivity contribution in [1.29, 1.82) is 0 Å². The van der Waals surface area contributed by atoms with Crippen molar-refractivity contribution in [3.8, 4) is 0 Å². The van der Waals surface area contributed by atoms with Crippen molar-refractivity contribution >= 4 is 27.2 Å². The van der Waals surface area contributed by atoms with Gasteiger partial charge in [-0.25, -0.2) is 17.5 Å². The van der Waals surface area contributed by atoms with Crippen LogP contribution in [0.15, 0.2) is 24.3 Å². The lowest BCUT2D eigenvalue weighted by atomic mass is 10.1. The highest BCUT2D eigenvalue weighted by molar-refractivity contribution is 7.92. The van der Waals surface area contributed by atoms with E-state index in [9.17, 15) is 12.8 Å². The molecule has 0 spiro atoms. The molecule has 17 heavy (non-hydrogen) atoms. The predicted octanol–water partition coefficient (Wildman–Crippen LogP) is 1.09. The van der Waals surface area contributed by atoms with Gasteiger partial charge in [0.2, 0.25) is 10.0 Å². The summed E-state index contributed by atoms with van der Waals surface area (Å²) in [5, 5.41) is 0. The highest BCUT2D eigenvalue weighted by atomic mass is 32.2. The summed E-state index contributed by atoms with van der Waals surface area (Å²) in [6.07, 6.45) is 0. The summed E-state index contributed by atoms with van der Waals surface area (Å²) in [5.41, 5.74) is 5.84. The van der Waals surface area contributed by atoms with Crippen LogP contribution in [0.3, 0.4) is 0 Å². The van der Waals surface area contributed by atoms with Crippen LogP contribution in [0.4, 0.5) is 4.39 Å². The van der Waals surface area contributed by atoms with E-state index in [0.29, 0.717) is 5.56 Å². The quantitative estimate of drug-likeness (QED) is 0.790. The minimum atomic E-state index is -3.55. The number of nitrogens with one attached hydrogen (secondary N) is 1. The van der Waals surface area contributed by atoms with E-state index < -0.39 is 21.8 Å².